The summed E-state index contributed by atoms with van der Waals surface area (Å²) in [6.45, 7) is 3.55. The van der Waals surface area contributed by atoms with Gasteiger partial charge in [-0.25, -0.2) is 9.18 Å². The largest absolute Gasteiger partial charge is 0.443 e. The smallest absolute Gasteiger partial charge is 0.414 e. The predicted octanol–water partition coefficient (Wildman–Crippen LogP) is 3.03. The van der Waals surface area contributed by atoms with E-state index in [1.165, 1.54) is 17.9 Å². The molecule has 23 heavy (non-hydrogen) atoms. The summed E-state index contributed by atoms with van der Waals surface area (Å²) in [7, 11) is 0. The Morgan fingerprint density at radius 2 is 2.13 bits per heavy atom. The topological polar surface area (TPSA) is 49.9 Å². The number of hydrogen-bond donors (Lipinski definition) is 0. The molecule has 1 atom stereocenters. The first-order valence-corrected chi connectivity index (χ1v) is 8.69. The number of ether oxygens (including phenoxy) is 1. The second-order valence-electron chi connectivity index (χ2n) is 5.75. The first-order chi connectivity index (χ1) is 11.0. The Balaban J connectivity index is 1.70. The minimum absolute atomic E-state index is 0.0134. The zero-order chi connectivity index (χ0) is 16.4. The van der Waals surface area contributed by atoms with Crippen LogP contribution in [0.25, 0.3) is 0 Å². The van der Waals surface area contributed by atoms with E-state index in [1.807, 2.05) is 4.90 Å². The highest BCUT2D eigenvalue weighted by Gasteiger charge is 2.33. The van der Waals surface area contributed by atoms with E-state index in [0.29, 0.717) is 23.7 Å². The molecule has 0 aromatic heterocycles. The maximum atomic E-state index is 14.4. The Morgan fingerprint density at radius 1 is 1.39 bits per heavy atom. The van der Waals surface area contributed by atoms with Crippen molar-refractivity contribution in [2.45, 2.75) is 25.9 Å². The van der Waals surface area contributed by atoms with E-state index in [2.05, 4.69) is 0 Å². The van der Waals surface area contributed by atoms with Crippen molar-refractivity contribution in [1.29, 1.82) is 0 Å². The molecule has 124 valence electrons. The number of amides is 1. The van der Waals surface area contributed by atoms with Gasteiger partial charge in [0.2, 0.25) is 0 Å². The van der Waals surface area contributed by atoms with E-state index >= 15 is 0 Å². The molecule has 7 heteroatoms. The SMILES string of the molecule is CC(=O)SC[C@H]1CN(c2ccc(N3CCCC3)c(F)c2)C(=O)O1. The van der Waals surface area contributed by atoms with Crippen molar-refractivity contribution < 1.29 is 18.7 Å². The first-order valence-electron chi connectivity index (χ1n) is 7.70. The highest BCUT2D eigenvalue weighted by Crippen LogP contribution is 2.30. The molecule has 2 saturated heterocycles. The number of anilines is 2. The third kappa shape index (κ3) is 3.60. The lowest BCUT2D eigenvalue weighted by molar-refractivity contribution is -0.109. The third-order valence-electron chi connectivity index (χ3n) is 4.04. The van der Waals surface area contributed by atoms with E-state index in [-0.39, 0.29) is 17.0 Å². The van der Waals surface area contributed by atoms with Crippen LogP contribution in [0.4, 0.5) is 20.6 Å². The van der Waals surface area contributed by atoms with Crippen molar-refractivity contribution in [3.05, 3.63) is 24.0 Å². The molecule has 2 fully saturated rings. The van der Waals surface area contributed by atoms with Crippen LogP contribution in [-0.2, 0) is 9.53 Å². The van der Waals surface area contributed by atoms with Crippen molar-refractivity contribution in [3.63, 3.8) is 0 Å². The second kappa shape index (κ2) is 6.78. The minimum Gasteiger partial charge on any atom is -0.443 e. The third-order valence-corrected chi connectivity index (χ3v) is 4.98. The normalized spacial score (nSPS) is 21.0. The van der Waals surface area contributed by atoms with Gasteiger partial charge in [-0.15, -0.1) is 0 Å². The molecular formula is C16H19FN2O3S. The van der Waals surface area contributed by atoms with Gasteiger partial charge in [0, 0.05) is 25.8 Å². The fourth-order valence-electron chi connectivity index (χ4n) is 2.91. The van der Waals surface area contributed by atoms with Gasteiger partial charge < -0.3 is 9.64 Å². The highest BCUT2D eigenvalue weighted by molar-refractivity contribution is 8.13. The molecule has 0 unspecified atom stereocenters. The Kier molecular flexibility index (Phi) is 4.75. The van der Waals surface area contributed by atoms with Gasteiger partial charge >= 0.3 is 6.09 Å². The number of halogens is 1. The summed E-state index contributed by atoms with van der Waals surface area (Å²) in [4.78, 5) is 26.4. The fraction of sp³-hybridized carbons (Fsp3) is 0.500. The molecule has 2 heterocycles. The van der Waals surface area contributed by atoms with Gasteiger partial charge in [-0.2, -0.15) is 0 Å². The molecule has 0 bridgehead atoms. The second-order valence-corrected chi connectivity index (χ2v) is 6.95. The highest BCUT2D eigenvalue weighted by atomic mass is 32.2. The summed E-state index contributed by atoms with van der Waals surface area (Å²) in [5.74, 6) is 0.102. The summed E-state index contributed by atoms with van der Waals surface area (Å²) in [5.41, 5.74) is 1.08. The van der Waals surface area contributed by atoms with Crippen molar-refractivity contribution >= 4 is 34.3 Å². The Morgan fingerprint density at radius 3 is 2.78 bits per heavy atom. The molecule has 2 aliphatic rings. The van der Waals surface area contributed by atoms with Crippen LogP contribution in [0.5, 0.6) is 0 Å². The van der Waals surface area contributed by atoms with E-state index in [9.17, 15) is 14.0 Å². The number of hydrogen-bond acceptors (Lipinski definition) is 5. The average Bonchev–Trinajstić information content (AvgIpc) is 3.14. The Bertz CT molecular complexity index is 619. The molecule has 5 nitrogen and oxygen atoms in total. The lowest BCUT2D eigenvalue weighted by Gasteiger charge is -2.20. The molecule has 0 N–H and O–H groups in total. The van der Waals surface area contributed by atoms with Gasteiger partial charge in [0.05, 0.1) is 17.9 Å². The molecule has 1 aromatic rings. The van der Waals surface area contributed by atoms with Crippen molar-refractivity contribution in [1.82, 2.24) is 0 Å². The predicted molar refractivity (Wildman–Crippen MR) is 88.6 cm³/mol. The zero-order valence-corrected chi connectivity index (χ0v) is 13.8. The Labute approximate surface area is 138 Å². The van der Waals surface area contributed by atoms with Gasteiger partial charge in [0.15, 0.2) is 5.12 Å². The van der Waals surface area contributed by atoms with Crippen LogP contribution in [0.1, 0.15) is 19.8 Å². The maximum absolute atomic E-state index is 14.4. The van der Waals surface area contributed by atoms with Crippen molar-refractivity contribution in [3.8, 4) is 0 Å². The lowest BCUT2D eigenvalue weighted by Crippen LogP contribution is -2.25. The van der Waals surface area contributed by atoms with Gasteiger partial charge in [-0.3, -0.25) is 9.69 Å². The quantitative estimate of drug-likeness (QED) is 0.845. The first kappa shape index (κ1) is 16.1. The monoisotopic (exact) mass is 338 g/mol. The molecule has 0 spiro atoms. The molecule has 0 saturated carbocycles. The van der Waals surface area contributed by atoms with Crippen LogP contribution in [0, 0.1) is 5.82 Å². The number of carbonyl (C=O) groups excluding carboxylic acids is 2. The van der Waals surface area contributed by atoms with Crippen LogP contribution in [0.3, 0.4) is 0 Å². The van der Waals surface area contributed by atoms with Crippen LogP contribution >= 0.6 is 11.8 Å². The molecule has 3 rings (SSSR count). The number of benzene rings is 1. The fourth-order valence-corrected chi connectivity index (χ4v) is 3.50. The van der Waals surface area contributed by atoms with E-state index in [0.717, 1.165) is 37.7 Å². The molecule has 1 aromatic carbocycles. The number of carbonyl (C=O) groups is 2. The van der Waals surface area contributed by atoms with E-state index < -0.39 is 6.09 Å². The standard InChI is InChI=1S/C16H19FN2O3S/c1-11(20)23-10-13-9-19(16(21)22-13)12-4-5-15(14(17)8-12)18-6-2-3-7-18/h4-5,8,13H,2-3,6-7,9-10H2,1H3/t13-/m1/s1. The van der Waals surface area contributed by atoms with Crippen LogP contribution < -0.4 is 9.80 Å². The molecule has 2 aliphatic heterocycles. The molecular weight excluding hydrogens is 319 g/mol. The summed E-state index contributed by atoms with van der Waals surface area (Å²) >= 11 is 1.13. The van der Waals surface area contributed by atoms with Gasteiger partial charge in [-0.05, 0) is 31.0 Å². The number of cyclic esters (lactones) is 1. The molecule has 0 aliphatic carbocycles. The zero-order valence-electron chi connectivity index (χ0n) is 13.0. The van der Waals surface area contributed by atoms with Crippen molar-refractivity contribution in [2.75, 3.05) is 35.2 Å². The molecule has 0 radical (unpaired) electrons. The van der Waals surface area contributed by atoms with Gasteiger partial charge in [-0.1, -0.05) is 11.8 Å². The van der Waals surface area contributed by atoms with Crippen LogP contribution in [-0.4, -0.2) is 42.7 Å². The van der Waals surface area contributed by atoms with E-state index in [1.54, 1.807) is 12.1 Å². The maximum Gasteiger partial charge on any atom is 0.414 e. The summed E-state index contributed by atoms with van der Waals surface area (Å²) in [6.07, 6.45) is 1.31. The summed E-state index contributed by atoms with van der Waals surface area (Å²) < 4.78 is 19.6. The number of rotatable bonds is 4. The van der Waals surface area contributed by atoms with Gasteiger partial charge in [0.1, 0.15) is 11.9 Å². The van der Waals surface area contributed by atoms with Crippen LogP contribution in [0.15, 0.2) is 18.2 Å². The van der Waals surface area contributed by atoms with Crippen LogP contribution in [0.2, 0.25) is 0 Å². The summed E-state index contributed by atoms with van der Waals surface area (Å²) in [5, 5.41) is -0.0134. The minimum atomic E-state index is -0.493. The lowest BCUT2D eigenvalue weighted by atomic mass is 10.2. The molecule has 1 amide bonds. The Hall–Kier alpha value is -1.76. The summed E-state index contributed by atoms with van der Waals surface area (Å²) in [6, 6.07) is 4.86. The number of nitrogens with zero attached hydrogens (tertiary/aromatic N) is 2. The van der Waals surface area contributed by atoms with Crippen molar-refractivity contribution in [2.24, 2.45) is 0 Å². The average molecular weight is 338 g/mol. The van der Waals surface area contributed by atoms with E-state index in [4.69, 9.17) is 4.74 Å². The van der Waals surface area contributed by atoms with Gasteiger partial charge in [0.25, 0.3) is 0 Å². The number of thioether (sulfide) groups is 1.